The number of carbonyl (C=O) groups is 2. The molecule has 0 radical (unpaired) electrons. The SMILES string of the molecule is CC1(C(=O)O)COCC1NC(=O)N1CCn2cnnc2C1. The highest BCUT2D eigenvalue weighted by molar-refractivity contribution is 5.79. The molecular weight excluding hydrogens is 278 g/mol. The lowest BCUT2D eigenvalue weighted by atomic mass is 9.85. The van der Waals surface area contributed by atoms with Gasteiger partial charge < -0.3 is 24.6 Å². The smallest absolute Gasteiger partial charge is 0.318 e. The number of hydrogen-bond acceptors (Lipinski definition) is 5. The predicted molar refractivity (Wildman–Crippen MR) is 69.3 cm³/mol. The molecule has 0 aliphatic carbocycles. The Balaban J connectivity index is 1.66. The summed E-state index contributed by atoms with van der Waals surface area (Å²) in [7, 11) is 0. The van der Waals surface area contributed by atoms with E-state index in [1.807, 2.05) is 4.57 Å². The van der Waals surface area contributed by atoms with Gasteiger partial charge in [0.25, 0.3) is 0 Å². The van der Waals surface area contributed by atoms with Crippen molar-refractivity contribution < 1.29 is 19.4 Å². The van der Waals surface area contributed by atoms with Crippen molar-refractivity contribution in [2.45, 2.75) is 26.1 Å². The summed E-state index contributed by atoms with van der Waals surface area (Å²) in [4.78, 5) is 25.3. The summed E-state index contributed by atoms with van der Waals surface area (Å²) in [5.74, 6) is -0.247. The van der Waals surface area contributed by atoms with Crippen LogP contribution in [0.15, 0.2) is 6.33 Å². The second-order valence-electron chi connectivity index (χ2n) is 5.60. The highest BCUT2D eigenvalue weighted by Gasteiger charge is 2.47. The molecule has 2 amide bonds. The number of nitrogens with zero attached hydrogens (tertiary/aromatic N) is 4. The van der Waals surface area contributed by atoms with Crippen LogP contribution in [0.1, 0.15) is 12.7 Å². The second kappa shape index (κ2) is 4.99. The van der Waals surface area contributed by atoms with Gasteiger partial charge in [-0.1, -0.05) is 0 Å². The Bertz CT molecular complexity index is 574. The van der Waals surface area contributed by atoms with Crippen molar-refractivity contribution in [3.8, 4) is 0 Å². The fourth-order valence-corrected chi connectivity index (χ4v) is 2.57. The maximum atomic E-state index is 12.3. The average molecular weight is 295 g/mol. The van der Waals surface area contributed by atoms with Crippen molar-refractivity contribution in [2.75, 3.05) is 19.8 Å². The van der Waals surface area contributed by atoms with Crippen LogP contribution < -0.4 is 5.32 Å². The summed E-state index contributed by atoms with van der Waals surface area (Å²) in [6, 6.07) is -0.838. The van der Waals surface area contributed by atoms with Gasteiger partial charge in [-0.2, -0.15) is 0 Å². The topological polar surface area (TPSA) is 110 Å². The Morgan fingerprint density at radius 2 is 2.33 bits per heavy atom. The summed E-state index contributed by atoms with van der Waals surface area (Å²) in [5.41, 5.74) is -1.09. The van der Waals surface area contributed by atoms with E-state index >= 15 is 0 Å². The summed E-state index contributed by atoms with van der Waals surface area (Å²) in [6.45, 7) is 3.42. The normalized spacial score (nSPS) is 28.2. The molecule has 2 unspecified atom stereocenters. The lowest BCUT2D eigenvalue weighted by Crippen LogP contribution is -2.54. The van der Waals surface area contributed by atoms with Crippen LogP contribution in [0.5, 0.6) is 0 Å². The van der Waals surface area contributed by atoms with Crippen LogP contribution in [0.25, 0.3) is 0 Å². The monoisotopic (exact) mass is 295 g/mol. The lowest BCUT2D eigenvalue weighted by molar-refractivity contribution is -0.148. The molecule has 3 rings (SSSR count). The van der Waals surface area contributed by atoms with Gasteiger partial charge in [0, 0.05) is 13.1 Å². The third-order valence-corrected chi connectivity index (χ3v) is 4.17. The molecule has 2 aliphatic heterocycles. The van der Waals surface area contributed by atoms with E-state index in [0.29, 0.717) is 19.6 Å². The summed E-state index contributed by atoms with van der Waals surface area (Å²) in [6.07, 6.45) is 1.64. The van der Waals surface area contributed by atoms with Crippen LogP contribution in [0.2, 0.25) is 0 Å². The summed E-state index contributed by atoms with van der Waals surface area (Å²) < 4.78 is 7.12. The second-order valence-corrected chi connectivity index (χ2v) is 5.60. The minimum atomic E-state index is -1.09. The predicted octanol–water partition coefficient (Wildman–Crippen LogP) is -0.707. The van der Waals surface area contributed by atoms with E-state index in [0.717, 1.165) is 5.82 Å². The van der Waals surface area contributed by atoms with Gasteiger partial charge in [0.1, 0.15) is 11.7 Å². The fourth-order valence-electron chi connectivity index (χ4n) is 2.57. The van der Waals surface area contributed by atoms with Crippen LogP contribution in [0, 0.1) is 5.41 Å². The Labute approximate surface area is 120 Å². The molecule has 1 fully saturated rings. The van der Waals surface area contributed by atoms with Gasteiger partial charge in [-0.25, -0.2) is 4.79 Å². The molecule has 2 atom stereocenters. The standard InChI is InChI=1S/C12H17N5O4/c1-12(10(18)19)6-21-5-8(12)14-11(20)16-2-3-17-7-13-15-9(17)4-16/h7-8H,2-6H2,1H3,(H,14,20)(H,18,19). The quantitative estimate of drug-likeness (QED) is 0.746. The molecule has 0 bridgehead atoms. The Morgan fingerprint density at radius 1 is 1.52 bits per heavy atom. The van der Waals surface area contributed by atoms with E-state index in [1.165, 1.54) is 0 Å². The minimum Gasteiger partial charge on any atom is -0.481 e. The van der Waals surface area contributed by atoms with Crippen molar-refractivity contribution in [1.82, 2.24) is 25.0 Å². The number of carboxylic acids is 1. The number of amides is 2. The van der Waals surface area contributed by atoms with Gasteiger partial charge in [-0.05, 0) is 6.92 Å². The largest absolute Gasteiger partial charge is 0.481 e. The molecule has 1 saturated heterocycles. The molecule has 3 heterocycles. The molecule has 0 aromatic carbocycles. The molecule has 21 heavy (non-hydrogen) atoms. The number of fused-ring (bicyclic) bond motifs is 1. The molecule has 9 nitrogen and oxygen atoms in total. The minimum absolute atomic E-state index is 0.0988. The van der Waals surface area contributed by atoms with Gasteiger partial charge in [0.2, 0.25) is 0 Å². The fraction of sp³-hybridized carbons (Fsp3) is 0.667. The van der Waals surface area contributed by atoms with Crippen LogP contribution >= 0.6 is 0 Å². The highest BCUT2D eigenvalue weighted by Crippen LogP contribution is 2.29. The number of carboxylic acid groups (broad SMARTS) is 1. The maximum Gasteiger partial charge on any atom is 0.318 e. The molecular formula is C12H17N5O4. The van der Waals surface area contributed by atoms with E-state index in [-0.39, 0.29) is 19.2 Å². The molecule has 0 spiro atoms. The third-order valence-electron chi connectivity index (χ3n) is 4.17. The molecule has 1 aromatic heterocycles. The van der Waals surface area contributed by atoms with Crippen molar-refractivity contribution >= 4 is 12.0 Å². The summed E-state index contributed by atoms with van der Waals surface area (Å²) >= 11 is 0. The van der Waals surface area contributed by atoms with Gasteiger partial charge in [-0.15, -0.1) is 10.2 Å². The Hall–Kier alpha value is -2.16. The van der Waals surface area contributed by atoms with E-state index in [9.17, 15) is 14.7 Å². The summed E-state index contributed by atoms with van der Waals surface area (Å²) in [5, 5.41) is 19.8. The Morgan fingerprint density at radius 3 is 3.10 bits per heavy atom. The number of ether oxygens (including phenoxy) is 1. The zero-order chi connectivity index (χ0) is 15.0. The molecule has 9 heteroatoms. The number of carbonyl (C=O) groups excluding carboxylic acids is 1. The van der Waals surface area contributed by atoms with E-state index < -0.39 is 17.4 Å². The zero-order valence-electron chi connectivity index (χ0n) is 11.7. The van der Waals surface area contributed by atoms with Gasteiger partial charge in [0.15, 0.2) is 5.82 Å². The van der Waals surface area contributed by atoms with Crippen LogP contribution in [-0.4, -0.2) is 62.6 Å². The number of urea groups is 1. The molecule has 0 saturated carbocycles. The molecule has 2 aliphatic rings. The van der Waals surface area contributed by atoms with Crippen molar-refractivity contribution in [3.63, 3.8) is 0 Å². The number of aliphatic carboxylic acids is 1. The van der Waals surface area contributed by atoms with E-state index in [1.54, 1.807) is 18.2 Å². The maximum absolute atomic E-state index is 12.3. The van der Waals surface area contributed by atoms with Crippen molar-refractivity contribution in [3.05, 3.63) is 12.2 Å². The zero-order valence-corrected chi connectivity index (χ0v) is 11.7. The molecule has 1 aromatic rings. The first-order valence-corrected chi connectivity index (χ1v) is 6.74. The average Bonchev–Trinajstić information content (AvgIpc) is 3.06. The van der Waals surface area contributed by atoms with Crippen molar-refractivity contribution in [1.29, 1.82) is 0 Å². The van der Waals surface area contributed by atoms with Crippen LogP contribution in [0.4, 0.5) is 4.79 Å². The highest BCUT2D eigenvalue weighted by atomic mass is 16.5. The Kier molecular flexibility index (Phi) is 3.28. The number of hydrogen-bond donors (Lipinski definition) is 2. The van der Waals surface area contributed by atoms with E-state index in [2.05, 4.69) is 15.5 Å². The number of rotatable bonds is 2. The van der Waals surface area contributed by atoms with Gasteiger partial charge in [-0.3, -0.25) is 4.79 Å². The number of nitrogens with one attached hydrogen (secondary N) is 1. The first-order chi connectivity index (χ1) is 10.0. The van der Waals surface area contributed by atoms with Gasteiger partial charge >= 0.3 is 12.0 Å². The van der Waals surface area contributed by atoms with Crippen molar-refractivity contribution in [2.24, 2.45) is 5.41 Å². The van der Waals surface area contributed by atoms with E-state index in [4.69, 9.17) is 4.74 Å². The molecule has 2 N–H and O–H groups in total. The first kappa shape index (κ1) is 13.8. The van der Waals surface area contributed by atoms with Crippen LogP contribution in [-0.2, 0) is 22.6 Å². The first-order valence-electron chi connectivity index (χ1n) is 6.74. The molecule has 114 valence electrons. The van der Waals surface area contributed by atoms with Crippen LogP contribution in [0.3, 0.4) is 0 Å². The van der Waals surface area contributed by atoms with Gasteiger partial charge in [0.05, 0.1) is 25.8 Å². The lowest BCUT2D eigenvalue weighted by Gasteiger charge is -2.31. The third kappa shape index (κ3) is 2.33. The number of aromatic nitrogens is 3.